The van der Waals surface area contributed by atoms with E-state index in [1.165, 1.54) is 25.7 Å². The molecule has 0 heterocycles. The predicted octanol–water partition coefficient (Wildman–Crippen LogP) is 3.50. The predicted molar refractivity (Wildman–Crippen MR) is 82.0 cm³/mol. The number of carbonyl (C=O) groups is 2. The van der Waals surface area contributed by atoms with Gasteiger partial charge in [-0.15, -0.1) is 0 Å². The minimum absolute atomic E-state index is 0.0701. The van der Waals surface area contributed by atoms with Gasteiger partial charge < -0.3 is 10.4 Å². The highest BCUT2D eigenvalue weighted by atomic mass is 16.4. The Bertz CT molecular complexity index is 366. The van der Waals surface area contributed by atoms with Gasteiger partial charge in [0.2, 0.25) is 5.91 Å². The van der Waals surface area contributed by atoms with Gasteiger partial charge in [0.05, 0.1) is 0 Å². The highest BCUT2D eigenvalue weighted by molar-refractivity contribution is 5.87. The van der Waals surface area contributed by atoms with Crippen molar-refractivity contribution >= 4 is 11.9 Å². The van der Waals surface area contributed by atoms with Crippen molar-refractivity contribution in [2.75, 3.05) is 0 Å². The second-order valence-corrected chi connectivity index (χ2v) is 6.98. The van der Waals surface area contributed by atoms with Gasteiger partial charge in [0.15, 0.2) is 0 Å². The van der Waals surface area contributed by atoms with Crippen LogP contribution in [0.2, 0.25) is 0 Å². The summed E-state index contributed by atoms with van der Waals surface area (Å²) in [6.45, 7) is 2.15. The number of nitrogens with one attached hydrogen (secondary N) is 1. The first-order valence-corrected chi connectivity index (χ1v) is 8.60. The van der Waals surface area contributed by atoms with E-state index in [-0.39, 0.29) is 5.91 Å². The summed E-state index contributed by atoms with van der Waals surface area (Å²) in [6, 6.07) is 0. The molecule has 0 radical (unpaired) electrons. The lowest BCUT2D eigenvalue weighted by atomic mass is 9.75. The van der Waals surface area contributed by atoms with Crippen LogP contribution in [0.1, 0.15) is 77.6 Å². The Labute approximate surface area is 127 Å². The Morgan fingerprint density at radius 2 is 1.71 bits per heavy atom. The van der Waals surface area contributed by atoms with Crippen LogP contribution in [-0.4, -0.2) is 22.5 Å². The summed E-state index contributed by atoms with van der Waals surface area (Å²) >= 11 is 0. The molecule has 0 aliphatic heterocycles. The van der Waals surface area contributed by atoms with E-state index in [0.717, 1.165) is 25.7 Å². The molecule has 1 amide bonds. The molecule has 2 saturated carbocycles. The van der Waals surface area contributed by atoms with E-state index in [4.69, 9.17) is 0 Å². The minimum atomic E-state index is -1.00. The van der Waals surface area contributed by atoms with Crippen LogP contribution < -0.4 is 5.32 Å². The largest absolute Gasteiger partial charge is 0.480 e. The number of aliphatic carboxylic acids is 1. The Balaban J connectivity index is 1.84. The molecule has 2 rings (SSSR count). The molecular weight excluding hydrogens is 266 g/mol. The molecule has 0 spiro atoms. The van der Waals surface area contributed by atoms with E-state index in [1.807, 2.05) is 0 Å². The zero-order chi connectivity index (χ0) is 15.3. The zero-order valence-corrected chi connectivity index (χ0v) is 13.2. The molecule has 4 heteroatoms. The van der Waals surface area contributed by atoms with Crippen LogP contribution in [0.25, 0.3) is 0 Å². The van der Waals surface area contributed by atoms with Gasteiger partial charge in [-0.25, -0.2) is 4.79 Å². The molecule has 4 nitrogen and oxygen atoms in total. The third kappa shape index (κ3) is 4.21. The lowest BCUT2D eigenvalue weighted by Gasteiger charge is -2.37. The van der Waals surface area contributed by atoms with E-state index in [9.17, 15) is 14.7 Å². The zero-order valence-electron chi connectivity index (χ0n) is 13.2. The van der Waals surface area contributed by atoms with E-state index >= 15 is 0 Å². The van der Waals surface area contributed by atoms with Crippen molar-refractivity contribution in [3.05, 3.63) is 0 Å². The van der Waals surface area contributed by atoms with Crippen LogP contribution in [0.3, 0.4) is 0 Å². The smallest absolute Gasteiger partial charge is 0.329 e. The van der Waals surface area contributed by atoms with Gasteiger partial charge in [-0.2, -0.15) is 0 Å². The molecule has 21 heavy (non-hydrogen) atoms. The molecule has 0 atom stereocenters. The summed E-state index contributed by atoms with van der Waals surface area (Å²) in [7, 11) is 0. The number of carboxylic acids is 1. The highest BCUT2D eigenvalue weighted by Crippen LogP contribution is 2.34. The molecule has 0 aromatic rings. The molecule has 0 unspecified atom stereocenters. The lowest BCUT2D eigenvalue weighted by molar-refractivity contribution is -0.149. The summed E-state index contributed by atoms with van der Waals surface area (Å²) in [4.78, 5) is 23.8. The fourth-order valence-corrected chi connectivity index (χ4v) is 3.93. The van der Waals surface area contributed by atoms with Gasteiger partial charge in [0, 0.05) is 6.42 Å². The topological polar surface area (TPSA) is 66.4 Å². The maximum atomic E-state index is 12.2. The summed E-state index contributed by atoms with van der Waals surface area (Å²) in [5.41, 5.74) is -1.00. The van der Waals surface area contributed by atoms with Gasteiger partial charge in [-0.3, -0.25) is 4.79 Å². The van der Waals surface area contributed by atoms with Crippen molar-refractivity contribution in [2.24, 2.45) is 11.8 Å². The normalized spacial score (nSPS) is 30.2. The molecule has 2 aliphatic carbocycles. The first-order valence-electron chi connectivity index (χ1n) is 8.60. The van der Waals surface area contributed by atoms with Crippen molar-refractivity contribution in [2.45, 2.75) is 83.1 Å². The molecule has 2 N–H and O–H groups in total. The Morgan fingerprint density at radius 1 is 1.10 bits per heavy atom. The SMILES string of the molecule is CCC1CCC(NC(=O)CCC2CCCC2)(C(=O)O)CC1. The Hall–Kier alpha value is -1.06. The highest BCUT2D eigenvalue weighted by Gasteiger charge is 2.42. The monoisotopic (exact) mass is 295 g/mol. The van der Waals surface area contributed by atoms with Gasteiger partial charge in [-0.1, -0.05) is 39.0 Å². The number of carbonyl (C=O) groups excluding carboxylic acids is 1. The third-order valence-corrected chi connectivity index (χ3v) is 5.58. The average Bonchev–Trinajstić information content (AvgIpc) is 2.99. The quantitative estimate of drug-likeness (QED) is 0.788. The maximum Gasteiger partial charge on any atom is 0.329 e. The summed E-state index contributed by atoms with van der Waals surface area (Å²) in [5.74, 6) is 0.366. The fourth-order valence-electron chi connectivity index (χ4n) is 3.93. The molecular formula is C17H29NO3. The number of carboxylic acid groups (broad SMARTS) is 1. The first kappa shape index (κ1) is 16.3. The Kier molecular flexibility index (Phi) is 5.65. The van der Waals surface area contributed by atoms with Crippen LogP contribution in [-0.2, 0) is 9.59 Å². The summed E-state index contributed by atoms with van der Waals surface area (Å²) in [6.07, 6.45) is 10.5. The molecule has 0 saturated heterocycles. The molecule has 0 aromatic carbocycles. The van der Waals surface area contributed by atoms with Gasteiger partial charge >= 0.3 is 5.97 Å². The van der Waals surface area contributed by atoms with Crippen LogP contribution in [0.5, 0.6) is 0 Å². The van der Waals surface area contributed by atoms with Gasteiger partial charge in [0.25, 0.3) is 0 Å². The first-order chi connectivity index (χ1) is 10.1. The van der Waals surface area contributed by atoms with Crippen molar-refractivity contribution in [1.82, 2.24) is 5.32 Å². The van der Waals surface area contributed by atoms with Gasteiger partial charge in [0.1, 0.15) is 5.54 Å². The molecule has 0 aromatic heterocycles. The molecule has 2 aliphatic rings. The fraction of sp³-hybridized carbons (Fsp3) is 0.882. The van der Waals surface area contributed by atoms with Crippen molar-refractivity contribution in [1.29, 1.82) is 0 Å². The number of amides is 1. The average molecular weight is 295 g/mol. The Morgan fingerprint density at radius 3 is 2.24 bits per heavy atom. The van der Waals surface area contributed by atoms with Crippen molar-refractivity contribution < 1.29 is 14.7 Å². The van der Waals surface area contributed by atoms with E-state index in [1.54, 1.807) is 0 Å². The molecule has 120 valence electrons. The van der Waals surface area contributed by atoms with Crippen LogP contribution in [0.4, 0.5) is 0 Å². The van der Waals surface area contributed by atoms with Crippen LogP contribution in [0, 0.1) is 11.8 Å². The number of hydrogen-bond acceptors (Lipinski definition) is 2. The molecule has 0 bridgehead atoms. The maximum absolute atomic E-state index is 12.2. The van der Waals surface area contributed by atoms with E-state index < -0.39 is 11.5 Å². The minimum Gasteiger partial charge on any atom is -0.480 e. The lowest BCUT2D eigenvalue weighted by Crippen LogP contribution is -2.56. The summed E-state index contributed by atoms with van der Waals surface area (Å²) in [5, 5.41) is 12.4. The second kappa shape index (κ2) is 7.28. The summed E-state index contributed by atoms with van der Waals surface area (Å²) < 4.78 is 0. The molecule has 2 fully saturated rings. The van der Waals surface area contributed by atoms with Gasteiger partial charge in [-0.05, 0) is 43.9 Å². The number of hydrogen-bond donors (Lipinski definition) is 2. The second-order valence-electron chi connectivity index (χ2n) is 6.98. The van der Waals surface area contributed by atoms with Crippen molar-refractivity contribution in [3.63, 3.8) is 0 Å². The number of rotatable bonds is 6. The van der Waals surface area contributed by atoms with Crippen LogP contribution in [0.15, 0.2) is 0 Å². The third-order valence-electron chi connectivity index (χ3n) is 5.58. The van der Waals surface area contributed by atoms with Crippen molar-refractivity contribution in [3.8, 4) is 0 Å². The van der Waals surface area contributed by atoms with E-state index in [2.05, 4.69) is 12.2 Å². The standard InChI is InChI=1S/C17H29NO3/c1-2-13-9-11-17(12-10-13,16(20)21)18-15(19)8-7-14-5-3-4-6-14/h13-14H,2-12H2,1H3,(H,18,19)(H,20,21). The van der Waals surface area contributed by atoms with E-state index in [0.29, 0.717) is 31.1 Å². The van der Waals surface area contributed by atoms with Crippen LogP contribution >= 0.6 is 0 Å².